The number of aryl methyl sites for hydroxylation is 3. The molecule has 2 aromatic rings. The van der Waals surface area contributed by atoms with Gasteiger partial charge in [-0.15, -0.1) is 0 Å². The Morgan fingerprint density at radius 3 is 2.18 bits per heavy atom. The first kappa shape index (κ1) is 20.1. The maximum absolute atomic E-state index is 12.9. The minimum absolute atomic E-state index is 0.0452. The first-order valence-electron chi connectivity index (χ1n) is 10.3. The number of nitrogens with one attached hydrogen (secondary N) is 1. The van der Waals surface area contributed by atoms with E-state index < -0.39 is 0 Å². The molecule has 4 nitrogen and oxygen atoms in total. The topological polar surface area (TPSA) is 49.4 Å². The molecule has 0 atom stereocenters. The number of benzene rings is 2. The molecule has 3 rings (SSSR count). The van der Waals surface area contributed by atoms with Crippen LogP contribution in [0.15, 0.2) is 42.5 Å². The number of hydrogen-bond acceptors (Lipinski definition) is 2. The zero-order chi connectivity index (χ0) is 20.1. The number of carbonyl (C=O) groups is 2. The number of piperidine rings is 1. The number of likely N-dealkylation sites (tertiary alicyclic amines) is 1. The molecular weight excluding hydrogens is 348 g/mol. The summed E-state index contributed by atoms with van der Waals surface area (Å²) in [7, 11) is 0. The Morgan fingerprint density at radius 1 is 1.00 bits per heavy atom. The Morgan fingerprint density at radius 2 is 1.61 bits per heavy atom. The second kappa shape index (κ2) is 9.05. The van der Waals surface area contributed by atoms with Gasteiger partial charge in [0, 0.05) is 30.3 Å². The van der Waals surface area contributed by atoms with Crippen molar-refractivity contribution in [3.63, 3.8) is 0 Å². The Kier molecular flexibility index (Phi) is 6.50. The minimum Gasteiger partial charge on any atom is -0.339 e. The molecule has 1 fully saturated rings. The standard InChI is InChI=1S/C24H30N2O2/c1-4-18-9-7-10-19(5-2)22(18)25-23(27)20-12-14-26(15-13-20)24(28)21-11-6-8-17(3)16-21/h6-11,16,20H,4-5,12-15H2,1-3H3,(H,25,27). The normalized spacial score (nSPS) is 14.8. The summed E-state index contributed by atoms with van der Waals surface area (Å²) < 4.78 is 0. The van der Waals surface area contributed by atoms with Crippen LogP contribution in [0.4, 0.5) is 5.69 Å². The summed E-state index contributed by atoms with van der Waals surface area (Å²) in [4.78, 5) is 27.5. The lowest BCUT2D eigenvalue weighted by molar-refractivity contribution is -0.121. The van der Waals surface area contributed by atoms with Crippen molar-refractivity contribution < 1.29 is 9.59 Å². The molecule has 0 aliphatic carbocycles. The van der Waals surface area contributed by atoms with Crippen molar-refractivity contribution >= 4 is 17.5 Å². The van der Waals surface area contributed by atoms with E-state index in [4.69, 9.17) is 0 Å². The van der Waals surface area contributed by atoms with Crippen molar-refractivity contribution in [1.29, 1.82) is 0 Å². The molecule has 1 aliphatic rings. The summed E-state index contributed by atoms with van der Waals surface area (Å²) in [6.07, 6.45) is 3.21. The number of para-hydroxylation sites is 1. The highest BCUT2D eigenvalue weighted by atomic mass is 16.2. The van der Waals surface area contributed by atoms with Crippen molar-refractivity contribution in [2.45, 2.75) is 46.5 Å². The smallest absolute Gasteiger partial charge is 0.253 e. The summed E-state index contributed by atoms with van der Waals surface area (Å²) in [5, 5.41) is 3.19. The van der Waals surface area contributed by atoms with E-state index in [1.165, 1.54) is 11.1 Å². The maximum atomic E-state index is 12.9. The lowest BCUT2D eigenvalue weighted by Gasteiger charge is -2.31. The molecule has 2 aromatic carbocycles. The Bertz CT molecular complexity index is 829. The van der Waals surface area contributed by atoms with Gasteiger partial charge in [0.05, 0.1) is 0 Å². The van der Waals surface area contributed by atoms with E-state index in [-0.39, 0.29) is 17.7 Å². The number of anilines is 1. The lowest BCUT2D eigenvalue weighted by Crippen LogP contribution is -2.41. The molecule has 0 aromatic heterocycles. The highest BCUT2D eigenvalue weighted by Crippen LogP contribution is 2.26. The van der Waals surface area contributed by atoms with Gasteiger partial charge in [-0.3, -0.25) is 9.59 Å². The Balaban J connectivity index is 1.62. The zero-order valence-electron chi connectivity index (χ0n) is 17.1. The van der Waals surface area contributed by atoms with Gasteiger partial charge >= 0.3 is 0 Å². The van der Waals surface area contributed by atoms with E-state index in [0.717, 1.165) is 29.7 Å². The predicted molar refractivity (Wildman–Crippen MR) is 114 cm³/mol. The van der Waals surface area contributed by atoms with Crippen LogP contribution in [0, 0.1) is 12.8 Å². The highest BCUT2D eigenvalue weighted by molar-refractivity contribution is 5.96. The molecule has 148 valence electrons. The fourth-order valence-corrected chi connectivity index (χ4v) is 3.93. The van der Waals surface area contributed by atoms with E-state index in [0.29, 0.717) is 25.9 Å². The van der Waals surface area contributed by atoms with Gasteiger partial charge in [-0.25, -0.2) is 0 Å². The van der Waals surface area contributed by atoms with E-state index in [1.54, 1.807) is 0 Å². The van der Waals surface area contributed by atoms with Crippen LogP contribution in [-0.4, -0.2) is 29.8 Å². The molecule has 4 heteroatoms. The van der Waals surface area contributed by atoms with E-state index in [1.807, 2.05) is 36.1 Å². The van der Waals surface area contributed by atoms with Crippen LogP contribution in [0.5, 0.6) is 0 Å². The largest absolute Gasteiger partial charge is 0.339 e. The molecule has 0 bridgehead atoms. The van der Waals surface area contributed by atoms with Crippen LogP contribution in [0.1, 0.15) is 53.7 Å². The number of amides is 2. The van der Waals surface area contributed by atoms with E-state index in [9.17, 15) is 9.59 Å². The van der Waals surface area contributed by atoms with Crippen molar-refractivity contribution in [2.24, 2.45) is 5.92 Å². The maximum Gasteiger partial charge on any atom is 0.253 e. The summed E-state index contributed by atoms with van der Waals surface area (Å²) in [6, 6.07) is 13.9. The van der Waals surface area contributed by atoms with Crippen LogP contribution in [0.2, 0.25) is 0 Å². The summed E-state index contributed by atoms with van der Waals surface area (Å²) in [5.74, 6) is 0.0987. The van der Waals surface area contributed by atoms with Crippen LogP contribution in [0.25, 0.3) is 0 Å². The van der Waals surface area contributed by atoms with E-state index >= 15 is 0 Å². The third-order valence-electron chi connectivity index (χ3n) is 5.67. The molecule has 0 spiro atoms. The molecule has 1 N–H and O–H groups in total. The van der Waals surface area contributed by atoms with Gasteiger partial charge in [-0.2, -0.15) is 0 Å². The van der Waals surface area contributed by atoms with Crippen LogP contribution in [-0.2, 0) is 17.6 Å². The van der Waals surface area contributed by atoms with Crippen LogP contribution < -0.4 is 5.32 Å². The second-order valence-corrected chi connectivity index (χ2v) is 7.58. The quantitative estimate of drug-likeness (QED) is 0.826. The van der Waals surface area contributed by atoms with Crippen molar-refractivity contribution in [1.82, 2.24) is 4.90 Å². The fraction of sp³-hybridized carbons (Fsp3) is 0.417. The summed E-state index contributed by atoms with van der Waals surface area (Å²) >= 11 is 0. The minimum atomic E-state index is -0.0452. The van der Waals surface area contributed by atoms with Crippen LogP contribution >= 0.6 is 0 Å². The number of rotatable bonds is 5. The number of hydrogen-bond donors (Lipinski definition) is 1. The average Bonchev–Trinajstić information content (AvgIpc) is 2.73. The predicted octanol–water partition coefficient (Wildman–Crippen LogP) is 4.61. The Hall–Kier alpha value is -2.62. The molecule has 1 heterocycles. The highest BCUT2D eigenvalue weighted by Gasteiger charge is 2.28. The first-order chi connectivity index (χ1) is 13.5. The zero-order valence-corrected chi connectivity index (χ0v) is 17.1. The average molecular weight is 379 g/mol. The van der Waals surface area contributed by atoms with Crippen molar-refractivity contribution in [3.8, 4) is 0 Å². The van der Waals surface area contributed by atoms with Crippen molar-refractivity contribution in [3.05, 3.63) is 64.7 Å². The van der Waals surface area contributed by atoms with Gasteiger partial charge < -0.3 is 10.2 Å². The van der Waals surface area contributed by atoms with Gasteiger partial charge in [0.1, 0.15) is 0 Å². The fourth-order valence-electron chi connectivity index (χ4n) is 3.93. The number of nitrogens with zero attached hydrogens (tertiary/aromatic N) is 1. The number of carbonyl (C=O) groups excluding carboxylic acids is 2. The SMILES string of the molecule is CCc1cccc(CC)c1NC(=O)C1CCN(C(=O)c2cccc(C)c2)CC1. The lowest BCUT2D eigenvalue weighted by atomic mass is 9.94. The molecule has 28 heavy (non-hydrogen) atoms. The molecule has 0 saturated carbocycles. The molecule has 1 aliphatic heterocycles. The first-order valence-corrected chi connectivity index (χ1v) is 10.3. The molecule has 1 saturated heterocycles. The third-order valence-corrected chi connectivity index (χ3v) is 5.67. The molecule has 2 amide bonds. The van der Waals surface area contributed by atoms with Gasteiger partial charge in [0.25, 0.3) is 5.91 Å². The summed E-state index contributed by atoms with van der Waals surface area (Å²) in [6.45, 7) is 7.47. The van der Waals surface area contributed by atoms with Gasteiger partial charge in [0.2, 0.25) is 5.91 Å². The molecule has 0 unspecified atom stereocenters. The van der Waals surface area contributed by atoms with Gasteiger partial charge in [-0.05, 0) is 55.9 Å². The second-order valence-electron chi connectivity index (χ2n) is 7.58. The van der Waals surface area contributed by atoms with Crippen LogP contribution in [0.3, 0.4) is 0 Å². The van der Waals surface area contributed by atoms with Gasteiger partial charge in [0.15, 0.2) is 0 Å². The molecular formula is C24H30N2O2. The monoisotopic (exact) mass is 378 g/mol. The summed E-state index contributed by atoms with van der Waals surface area (Å²) in [5.41, 5.74) is 5.16. The van der Waals surface area contributed by atoms with E-state index in [2.05, 4.69) is 37.4 Å². The molecule has 0 radical (unpaired) electrons. The Labute approximate surface area is 167 Å². The van der Waals surface area contributed by atoms with Crippen molar-refractivity contribution in [2.75, 3.05) is 18.4 Å². The van der Waals surface area contributed by atoms with Gasteiger partial charge in [-0.1, -0.05) is 49.7 Å². The third kappa shape index (κ3) is 4.44.